The molecule has 1 aromatic heterocycles. The molecule has 1 N–H and O–H groups in total. The molecule has 0 saturated carbocycles. The van der Waals surface area contributed by atoms with Crippen molar-refractivity contribution in [1.82, 2.24) is 30.6 Å². The maximum Gasteiger partial charge on any atom is 0.533 e. The Labute approximate surface area is 276 Å². The van der Waals surface area contributed by atoms with Gasteiger partial charge in [0.25, 0.3) is 5.09 Å². The Morgan fingerprint density at radius 3 is 2.55 bits per heavy atom. The molecule has 0 spiro atoms. The predicted octanol–water partition coefficient (Wildman–Crippen LogP) is 5.97. The van der Waals surface area contributed by atoms with E-state index in [1.807, 2.05) is 55.5 Å². The number of carbonyl (C=O) groups excluding carboxylic acids is 2. The second-order valence-electron chi connectivity index (χ2n) is 10.8. The van der Waals surface area contributed by atoms with Gasteiger partial charge in [0.1, 0.15) is 12.3 Å². The van der Waals surface area contributed by atoms with Crippen molar-refractivity contribution in [3.63, 3.8) is 0 Å². The molecule has 4 rings (SSSR count). The number of rotatable bonds is 17. The molecule has 2 aromatic carbocycles. The van der Waals surface area contributed by atoms with Gasteiger partial charge in [0.15, 0.2) is 16.7 Å². The lowest BCUT2D eigenvalue weighted by molar-refractivity contribution is -0.767. The Kier molecular flexibility index (Phi) is 12.7. The Balaban J connectivity index is 1.56. The standard InChI is InChI=1S/C31H38ClN7O8/c1-4-6-15-26-37(20-22-16-17-24(23-13-8-7-9-14-23)25(19-22)29-33-35-36-34-29)27(30(40)44-5-2)28(32)38(26)47-31(41)45-18-11-10-12-21(3)46-39(42)43/h7-9,13-14,16-17,19,21,26H,4-6,10-12,15,18,20H2,1-3H3,(H,33,34,35,36)/t21-,26?/m0/s1. The first kappa shape index (κ1) is 34.9. The van der Waals surface area contributed by atoms with Crippen molar-refractivity contribution in [2.45, 2.75) is 78.1 Å². The SMILES string of the molecule is CCCCC1N(Cc2ccc(-c3ccccc3)c(-c3nnn[nH]3)c2)C(C(=O)OCC)=C(Cl)N1OC(=O)OCCCC[C@H](C)O[N+](=O)[O-]. The van der Waals surface area contributed by atoms with E-state index in [9.17, 15) is 19.7 Å². The van der Waals surface area contributed by atoms with Gasteiger partial charge in [-0.1, -0.05) is 67.4 Å². The lowest BCUT2D eigenvalue weighted by atomic mass is 9.96. The largest absolute Gasteiger partial charge is 0.533 e. The van der Waals surface area contributed by atoms with Crippen molar-refractivity contribution in [2.24, 2.45) is 0 Å². The Hall–Kier alpha value is -4.92. The molecule has 0 radical (unpaired) electrons. The molecule has 0 fully saturated rings. The topological polar surface area (TPSA) is 175 Å². The summed E-state index contributed by atoms with van der Waals surface area (Å²) in [4.78, 5) is 48.4. The molecule has 1 aliphatic rings. The van der Waals surface area contributed by atoms with Crippen molar-refractivity contribution in [1.29, 1.82) is 0 Å². The normalized spacial score (nSPS) is 15.0. The van der Waals surface area contributed by atoms with E-state index in [0.717, 1.165) is 35.1 Å². The lowest BCUT2D eigenvalue weighted by Crippen LogP contribution is -2.42. The molecule has 3 aromatic rings. The van der Waals surface area contributed by atoms with E-state index < -0.39 is 29.5 Å². The van der Waals surface area contributed by atoms with Crippen LogP contribution in [0.1, 0.15) is 64.9 Å². The number of ether oxygens (including phenoxy) is 2. The Morgan fingerprint density at radius 2 is 1.87 bits per heavy atom. The fourth-order valence-electron chi connectivity index (χ4n) is 5.20. The van der Waals surface area contributed by atoms with E-state index in [4.69, 9.17) is 25.9 Å². The minimum atomic E-state index is -1.00. The second kappa shape index (κ2) is 17.1. The zero-order valence-corrected chi connectivity index (χ0v) is 27.2. The number of carbonyl (C=O) groups is 2. The van der Waals surface area contributed by atoms with Crippen LogP contribution >= 0.6 is 11.6 Å². The average Bonchev–Trinajstić information content (AvgIpc) is 3.67. The van der Waals surface area contributed by atoms with Gasteiger partial charge in [-0.05, 0) is 79.1 Å². The van der Waals surface area contributed by atoms with Crippen LogP contribution < -0.4 is 0 Å². The molecule has 0 saturated heterocycles. The maximum absolute atomic E-state index is 13.3. The van der Waals surface area contributed by atoms with Crippen LogP contribution in [0.4, 0.5) is 4.79 Å². The third-order valence-electron chi connectivity index (χ3n) is 7.38. The molecule has 16 heteroatoms. The highest BCUT2D eigenvalue weighted by atomic mass is 35.5. The van der Waals surface area contributed by atoms with Crippen LogP contribution in [0, 0.1) is 10.1 Å². The number of nitrogens with zero attached hydrogens (tertiary/aromatic N) is 6. The number of H-pyrrole nitrogens is 1. The summed E-state index contributed by atoms with van der Waals surface area (Å²) in [5, 5.41) is 25.2. The number of hydroxylamine groups is 2. The van der Waals surface area contributed by atoms with Crippen LogP contribution in [-0.2, 0) is 30.5 Å². The molecule has 0 amide bonds. The second-order valence-corrected chi connectivity index (χ2v) is 11.1. The third-order valence-corrected chi connectivity index (χ3v) is 7.72. The molecule has 1 unspecified atom stereocenters. The van der Waals surface area contributed by atoms with Crippen LogP contribution in [0.15, 0.2) is 59.4 Å². The van der Waals surface area contributed by atoms with E-state index in [2.05, 4.69) is 25.5 Å². The first-order valence-electron chi connectivity index (χ1n) is 15.4. The maximum atomic E-state index is 13.3. The van der Waals surface area contributed by atoms with E-state index in [1.54, 1.807) is 18.7 Å². The summed E-state index contributed by atoms with van der Waals surface area (Å²) in [7, 11) is 0. The van der Waals surface area contributed by atoms with Gasteiger partial charge in [0, 0.05) is 12.1 Å². The first-order valence-corrected chi connectivity index (χ1v) is 15.8. The zero-order valence-electron chi connectivity index (χ0n) is 26.5. The number of tetrazole rings is 1. The average molecular weight is 672 g/mol. The van der Waals surface area contributed by atoms with E-state index in [1.165, 1.54) is 5.06 Å². The molecule has 2 atom stereocenters. The number of benzene rings is 2. The smallest absolute Gasteiger partial charge is 0.461 e. The van der Waals surface area contributed by atoms with Crippen molar-refractivity contribution in [3.8, 4) is 22.5 Å². The number of hydrogen-bond donors (Lipinski definition) is 1. The minimum absolute atomic E-state index is 0.0142. The molecule has 15 nitrogen and oxygen atoms in total. The monoisotopic (exact) mass is 671 g/mol. The van der Waals surface area contributed by atoms with Gasteiger partial charge in [0.05, 0.1) is 13.2 Å². The van der Waals surface area contributed by atoms with Gasteiger partial charge >= 0.3 is 12.1 Å². The molecule has 1 aliphatic heterocycles. The van der Waals surface area contributed by atoms with E-state index in [-0.39, 0.29) is 30.6 Å². The summed E-state index contributed by atoms with van der Waals surface area (Å²) in [6.07, 6.45) is 1.24. The van der Waals surface area contributed by atoms with Crippen LogP contribution in [0.3, 0.4) is 0 Å². The Morgan fingerprint density at radius 1 is 1.09 bits per heavy atom. The summed E-state index contributed by atoms with van der Waals surface area (Å²) >= 11 is 6.76. The number of nitrogens with one attached hydrogen (secondary N) is 1. The number of aromatic nitrogens is 4. The molecular weight excluding hydrogens is 634 g/mol. The van der Waals surface area contributed by atoms with Crippen molar-refractivity contribution in [2.75, 3.05) is 13.2 Å². The fourth-order valence-corrected chi connectivity index (χ4v) is 5.53. The fraction of sp³-hybridized carbons (Fsp3) is 0.452. The van der Waals surface area contributed by atoms with Gasteiger partial charge in [-0.25, -0.2) is 14.7 Å². The van der Waals surface area contributed by atoms with Crippen LogP contribution in [0.5, 0.6) is 0 Å². The highest BCUT2D eigenvalue weighted by Crippen LogP contribution is 2.38. The predicted molar refractivity (Wildman–Crippen MR) is 169 cm³/mol. The molecule has 0 bridgehead atoms. The lowest BCUT2D eigenvalue weighted by Gasteiger charge is -2.32. The van der Waals surface area contributed by atoms with Crippen LogP contribution in [0.2, 0.25) is 0 Å². The highest BCUT2D eigenvalue weighted by molar-refractivity contribution is 6.31. The van der Waals surface area contributed by atoms with Crippen molar-refractivity contribution < 1.29 is 33.8 Å². The summed E-state index contributed by atoms with van der Waals surface area (Å²) < 4.78 is 10.6. The first-order chi connectivity index (χ1) is 22.7. The molecule has 252 valence electrons. The van der Waals surface area contributed by atoms with E-state index >= 15 is 0 Å². The number of hydrogen-bond acceptors (Lipinski definition) is 13. The van der Waals surface area contributed by atoms with Crippen molar-refractivity contribution in [3.05, 3.63) is 75.1 Å². The van der Waals surface area contributed by atoms with Gasteiger partial charge in [-0.2, -0.15) is 5.06 Å². The summed E-state index contributed by atoms with van der Waals surface area (Å²) in [6.45, 7) is 5.64. The number of aromatic amines is 1. The van der Waals surface area contributed by atoms with E-state index in [0.29, 0.717) is 31.5 Å². The van der Waals surface area contributed by atoms with Crippen molar-refractivity contribution >= 4 is 23.7 Å². The molecule has 2 heterocycles. The van der Waals surface area contributed by atoms with Crippen LogP contribution in [-0.4, -0.2) is 73.3 Å². The Bertz CT molecular complexity index is 1520. The summed E-state index contributed by atoms with van der Waals surface area (Å²) in [5.74, 6) is -0.189. The number of unbranched alkanes of at least 4 members (excludes halogenated alkanes) is 2. The van der Waals surface area contributed by atoms with Crippen LogP contribution in [0.25, 0.3) is 22.5 Å². The molecule has 0 aliphatic carbocycles. The van der Waals surface area contributed by atoms with Gasteiger partial charge < -0.3 is 24.0 Å². The molecule has 47 heavy (non-hydrogen) atoms. The number of halogens is 1. The highest BCUT2D eigenvalue weighted by Gasteiger charge is 2.44. The summed E-state index contributed by atoms with van der Waals surface area (Å²) in [6, 6.07) is 15.7. The number of esters is 1. The summed E-state index contributed by atoms with van der Waals surface area (Å²) in [5.41, 5.74) is 3.50. The minimum Gasteiger partial charge on any atom is -0.461 e. The zero-order chi connectivity index (χ0) is 33.8. The third kappa shape index (κ3) is 9.31. The quantitative estimate of drug-likeness (QED) is 0.0584. The van der Waals surface area contributed by atoms with Gasteiger partial charge in [-0.15, -0.1) is 15.2 Å². The van der Waals surface area contributed by atoms with Gasteiger partial charge in [-0.3, -0.25) is 0 Å². The molecular formula is C31H38ClN7O8. The van der Waals surface area contributed by atoms with Gasteiger partial charge in [0.2, 0.25) is 0 Å².